The zero-order valence-electron chi connectivity index (χ0n) is 9.02. The van der Waals surface area contributed by atoms with Crippen LogP contribution >= 0.6 is 0 Å². The van der Waals surface area contributed by atoms with E-state index in [0.29, 0.717) is 19.3 Å². The number of halogens is 5. The number of hydrogen-bond donors (Lipinski definition) is 1. The summed E-state index contributed by atoms with van der Waals surface area (Å²) in [6, 6.07) is 0. The molecule has 0 aliphatic heterocycles. The molecular weight excluding hydrogens is 259 g/mol. The van der Waals surface area contributed by atoms with Crippen molar-refractivity contribution < 1.29 is 31.8 Å². The molecule has 1 N–H and O–H groups in total. The summed E-state index contributed by atoms with van der Waals surface area (Å²) < 4.78 is 69.7. The monoisotopic (exact) mass is 268 g/mol. The molecule has 0 spiro atoms. The van der Waals surface area contributed by atoms with Crippen LogP contribution in [0.15, 0.2) is 0 Å². The van der Waals surface area contributed by atoms with E-state index in [1.165, 1.54) is 0 Å². The molecule has 18 heavy (non-hydrogen) atoms. The molecule has 1 aliphatic carbocycles. The second-order valence-electron chi connectivity index (χ2n) is 4.05. The fraction of sp³-hybridized carbons (Fsp3) is 0.455. The van der Waals surface area contributed by atoms with Gasteiger partial charge in [0.25, 0.3) is 0 Å². The van der Waals surface area contributed by atoms with Gasteiger partial charge in [0.1, 0.15) is 6.10 Å². The van der Waals surface area contributed by atoms with E-state index in [1.807, 2.05) is 0 Å². The van der Waals surface area contributed by atoms with Gasteiger partial charge in [-0.1, -0.05) is 0 Å². The molecule has 1 saturated carbocycles. The van der Waals surface area contributed by atoms with Crippen LogP contribution in [-0.4, -0.2) is 17.3 Å². The molecule has 0 saturated heterocycles. The first-order chi connectivity index (χ1) is 8.43. The predicted octanol–water partition coefficient (Wildman–Crippen LogP) is 2.67. The predicted molar refractivity (Wildman–Crippen MR) is 50.5 cm³/mol. The average Bonchev–Trinajstić information content (AvgIpc) is 2.75. The highest BCUT2D eigenvalue weighted by Crippen LogP contribution is 2.32. The van der Waals surface area contributed by atoms with Crippen molar-refractivity contribution in [3.05, 3.63) is 29.1 Å². The zero-order valence-corrected chi connectivity index (χ0v) is 9.02. The molecule has 1 aromatic rings. The summed E-state index contributed by atoms with van der Waals surface area (Å²) in [7, 11) is 0. The first-order valence-corrected chi connectivity index (χ1v) is 5.29. The summed E-state index contributed by atoms with van der Waals surface area (Å²) in [6.45, 7) is 0. The Morgan fingerprint density at radius 1 is 0.833 bits per heavy atom. The Hall–Kier alpha value is -1.37. The van der Waals surface area contributed by atoms with E-state index in [1.54, 1.807) is 0 Å². The van der Waals surface area contributed by atoms with Crippen molar-refractivity contribution in [3.8, 4) is 5.75 Å². The minimum atomic E-state index is -2.23. The van der Waals surface area contributed by atoms with Gasteiger partial charge < -0.3 is 9.84 Å². The Balaban J connectivity index is 2.38. The van der Waals surface area contributed by atoms with Gasteiger partial charge in [-0.2, -0.15) is 8.78 Å². The van der Waals surface area contributed by atoms with Crippen molar-refractivity contribution in [2.75, 3.05) is 0 Å². The van der Waals surface area contributed by atoms with Crippen molar-refractivity contribution in [1.29, 1.82) is 0 Å². The van der Waals surface area contributed by atoms with Gasteiger partial charge >= 0.3 is 0 Å². The number of rotatable bonds is 2. The van der Waals surface area contributed by atoms with Gasteiger partial charge in [-0.3, -0.25) is 0 Å². The highest BCUT2D eigenvalue weighted by molar-refractivity contribution is 5.30. The topological polar surface area (TPSA) is 29.5 Å². The molecule has 1 aromatic carbocycles. The minimum absolute atomic E-state index is 0.292. The fourth-order valence-corrected chi connectivity index (χ4v) is 1.88. The summed E-state index contributed by atoms with van der Waals surface area (Å²) in [5.74, 6) is -11.7. The molecule has 100 valence electrons. The maximum Gasteiger partial charge on any atom is 0.207 e. The van der Waals surface area contributed by atoms with Gasteiger partial charge in [0, 0.05) is 0 Å². The van der Waals surface area contributed by atoms with Crippen molar-refractivity contribution in [2.45, 2.75) is 31.5 Å². The SMILES string of the molecule is OC1CCCC1Oc1c(F)c(F)c(F)c(F)c1F. The van der Waals surface area contributed by atoms with E-state index in [0.717, 1.165) is 0 Å². The normalized spacial score (nSPS) is 23.4. The second kappa shape index (κ2) is 4.72. The first kappa shape index (κ1) is 13.1. The van der Waals surface area contributed by atoms with Crippen LogP contribution in [0.25, 0.3) is 0 Å². The van der Waals surface area contributed by atoms with Crippen LogP contribution < -0.4 is 4.74 Å². The van der Waals surface area contributed by atoms with E-state index in [9.17, 15) is 27.1 Å². The molecule has 0 heterocycles. The lowest BCUT2D eigenvalue weighted by molar-refractivity contribution is 0.0535. The van der Waals surface area contributed by atoms with Crippen LogP contribution in [0.1, 0.15) is 19.3 Å². The molecule has 2 rings (SSSR count). The van der Waals surface area contributed by atoms with Gasteiger partial charge in [0.2, 0.25) is 29.1 Å². The van der Waals surface area contributed by atoms with Crippen LogP contribution in [0.2, 0.25) is 0 Å². The number of hydrogen-bond acceptors (Lipinski definition) is 2. The third-order valence-corrected chi connectivity index (χ3v) is 2.86. The Labute approximate surface area is 99.0 Å². The molecular formula is C11H9F5O2. The van der Waals surface area contributed by atoms with E-state index in [2.05, 4.69) is 0 Å². The summed E-state index contributed by atoms with van der Waals surface area (Å²) in [5, 5.41) is 9.39. The summed E-state index contributed by atoms with van der Waals surface area (Å²) in [6.07, 6.45) is -0.722. The summed E-state index contributed by atoms with van der Waals surface area (Å²) >= 11 is 0. The lowest BCUT2D eigenvalue weighted by Gasteiger charge is -2.18. The number of aliphatic hydroxyl groups excluding tert-OH is 1. The van der Waals surface area contributed by atoms with E-state index in [4.69, 9.17) is 4.74 Å². The molecule has 1 fully saturated rings. The Kier molecular flexibility index (Phi) is 3.43. The molecule has 1 aliphatic rings. The van der Waals surface area contributed by atoms with Crippen molar-refractivity contribution in [2.24, 2.45) is 0 Å². The van der Waals surface area contributed by atoms with Gasteiger partial charge in [0.05, 0.1) is 6.10 Å². The summed E-state index contributed by atoms with van der Waals surface area (Å²) in [4.78, 5) is 0. The molecule has 2 atom stereocenters. The molecule has 0 radical (unpaired) electrons. The average molecular weight is 268 g/mol. The van der Waals surface area contributed by atoms with Gasteiger partial charge in [-0.25, -0.2) is 13.2 Å². The molecule has 0 amide bonds. The summed E-state index contributed by atoms with van der Waals surface area (Å²) in [5.41, 5.74) is 0. The molecule has 2 unspecified atom stereocenters. The third kappa shape index (κ3) is 2.03. The van der Waals surface area contributed by atoms with Crippen LogP contribution in [-0.2, 0) is 0 Å². The van der Waals surface area contributed by atoms with Crippen LogP contribution in [0.4, 0.5) is 22.0 Å². The quantitative estimate of drug-likeness (QED) is 0.507. The van der Waals surface area contributed by atoms with Gasteiger partial charge in [-0.05, 0) is 19.3 Å². The van der Waals surface area contributed by atoms with Gasteiger partial charge in [-0.15, -0.1) is 0 Å². The highest BCUT2D eigenvalue weighted by atomic mass is 19.2. The minimum Gasteiger partial charge on any atom is -0.481 e. The standard InChI is InChI=1S/C11H9F5O2/c12-6-7(13)9(15)11(10(16)8(6)14)18-5-3-1-2-4(5)17/h4-5,17H,1-3H2. The second-order valence-corrected chi connectivity index (χ2v) is 4.05. The molecule has 0 bridgehead atoms. The molecule has 0 aromatic heterocycles. The maximum atomic E-state index is 13.3. The zero-order chi connectivity index (χ0) is 13.4. The van der Waals surface area contributed by atoms with Crippen molar-refractivity contribution >= 4 is 0 Å². The number of ether oxygens (including phenoxy) is 1. The van der Waals surface area contributed by atoms with Crippen LogP contribution in [0.3, 0.4) is 0 Å². The largest absolute Gasteiger partial charge is 0.481 e. The third-order valence-electron chi connectivity index (χ3n) is 2.86. The Bertz CT molecular complexity index is 448. The number of aliphatic hydroxyl groups is 1. The highest BCUT2D eigenvalue weighted by Gasteiger charge is 2.32. The lowest BCUT2D eigenvalue weighted by atomic mass is 10.2. The number of benzene rings is 1. The molecule has 7 heteroatoms. The lowest BCUT2D eigenvalue weighted by Crippen LogP contribution is -2.27. The smallest absolute Gasteiger partial charge is 0.207 e. The van der Waals surface area contributed by atoms with Crippen LogP contribution in [0, 0.1) is 29.1 Å². The molecule has 2 nitrogen and oxygen atoms in total. The van der Waals surface area contributed by atoms with E-state index >= 15 is 0 Å². The Morgan fingerprint density at radius 2 is 1.33 bits per heavy atom. The van der Waals surface area contributed by atoms with E-state index in [-0.39, 0.29) is 0 Å². The van der Waals surface area contributed by atoms with Gasteiger partial charge in [0.15, 0.2) is 5.75 Å². The van der Waals surface area contributed by atoms with E-state index < -0.39 is 47.0 Å². The maximum absolute atomic E-state index is 13.3. The fourth-order valence-electron chi connectivity index (χ4n) is 1.88. The Morgan fingerprint density at radius 3 is 1.78 bits per heavy atom. The van der Waals surface area contributed by atoms with Crippen LogP contribution in [0.5, 0.6) is 5.75 Å². The first-order valence-electron chi connectivity index (χ1n) is 5.29. The van der Waals surface area contributed by atoms with Crippen molar-refractivity contribution in [1.82, 2.24) is 0 Å². The van der Waals surface area contributed by atoms with Crippen molar-refractivity contribution in [3.63, 3.8) is 0 Å².